The van der Waals surface area contributed by atoms with Gasteiger partial charge in [0.2, 0.25) is 0 Å². The standard InChI is InChI=1S/C20H18FN3/c1-13-10-15(7-8-18(13)21)20-17(4-3-9-24-20)14-5-6-16(12-22)19(11-14)23-2/h3-12,22-23H,1-2H3. The molecule has 4 heteroatoms. The lowest BCUT2D eigenvalue weighted by Crippen LogP contribution is -1.96. The second-order valence-corrected chi connectivity index (χ2v) is 5.56. The molecule has 2 N–H and O–H groups in total. The molecule has 0 saturated heterocycles. The lowest BCUT2D eigenvalue weighted by atomic mass is 9.97. The largest absolute Gasteiger partial charge is 0.388 e. The third-order valence-corrected chi connectivity index (χ3v) is 4.03. The summed E-state index contributed by atoms with van der Waals surface area (Å²) in [6, 6.07) is 14.8. The van der Waals surface area contributed by atoms with E-state index in [0.717, 1.165) is 33.6 Å². The van der Waals surface area contributed by atoms with Crippen molar-refractivity contribution in [3.63, 3.8) is 0 Å². The molecule has 0 bridgehead atoms. The summed E-state index contributed by atoms with van der Waals surface area (Å²) in [7, 11) is 1.83. The highest BCUT2D eigenvalue weighted by atomic mass is 19.1. The van der Waals surface area contributed by atoms with Crippen molar-refractivity contribution in [2.24, 2.45) is 0 Å². The molecule has 0 amide bonds. The van der Waals surface area contributed by atoms with Crippen molar-refractivity contribution >= 4 is 11.9 Å². The molecule has 0 aliphatic rings. The lowest BCUT2D eigenvalue weighted by molar-refractivity contribution is 0.619. The SMILES string of the molecule is CNc1cc(-c2cccnc2-c2ccc(F)c(C)c2)ccc1C=N. The second-order valence-electron chi connectivity index (χ2n) is 5.56. The topological polar surface area (TPSA) is 48.8 Å². The summed E-state index contributed by atoms with van der Waals surface area (Å²) in [5, 5.41) is 10.6. The monoisotopic (exact) mass is 319 g/mol. The number of halogens is 1. The summed E-state index contributed by atoms with van der Waals surface area (Å²) in [4.78, 5) is 4.51. The minimum absolute atomic E-state index is 0.218. The van der Waals surface area contributed by atoms with Crippen LogP contribution in [0.4, 0.5) is 10.1 Å². The van der Waals surface area contributed by atoms with Crippen LogP contribution in [0.25, 0.3) is 22.4 Å². The molecule has 0 atom stereocenters. The first-order valence-electron chi connectivity index (χ1n) is 7.68. The lowest BCUT2D eigenvalue weighted by Gasteiger charge is -2.12. The highest BCUT2D eigenvalue weighted by molar-refractivity contribution is 5.90. The van der Waals surface area contributed by atoms with E-state index in [1.165, 1.54) is 12.3 Å². The van der Waals surface area contributed by atoms with Crippen LogP contribution in [-0.2, 0) is 0 Å². The molecule has 3 aromatic rings. The maximum atomic E-state index is 13.6. The van der Waals surface area contributed by atoms with Gasteiger partial charge in [0.1, 0.15) is 5.82 Å². The third-order valence-electron chi connectivity index (χ3n) is 4.03. The zero-order valence-corrected chi connectivity index (χ0v) is 13.6. The van der Waals surface area contributed by atoms with Crippen LogP contribution in [-0.4, -0.2) is 18.2 Å². The number of pyridine rings is 1. The van der Waals surface area contributed by atoms with Gasteiger partial charge in [0.25, 0.3) is 0 Å². The Kier molecular flexibility index (Phi) is 4.38. The summed E-state index contributed by atoms with van der Waals surface area (Å²) in [6.07, 6.45) is 3.06. The first kappa shape index (κ1) is 15.9. The summed E-state index contributed by atoms with van der Waals surface area (Å²) in [5.74, 6) is -0.218. The molecule has 0 fully saturated rings. The van der Waals surface area contributed by atoms with Gasteiger partial charge in [-0.2, -0.15) is 0 Å². The summed E-state index contributed by atoms with van der Waals surface area (Å²) in [6.45, 7) is 1.75. The van der Waals surface area contributed by atoms with E-state index in [-0.39, 0.29) is 5.82 Å². The Labute approximate surface area is 140 Å². The van der Waals surface area contributed by atoms with Gasteiger partial charge in [0.15, 0.2) is 0 Å². The fourth-order valence-electron chi connectivity index (χ4n) is 2.73. The van der Waals surface area contributed by atoms with Gasteiger partial charge < -0.3 is 10.7 Å². The number of nitrogens with zero attached hydrogens (tertiary/aromatic N) is 1. The minimum atomic E-state index is -0.218. The van der Waals surface area contributed by atoms with E-state index >= 15 is 0 Å². The number of hydrogen-bond donors (Lipinski definition) is 2. The van der Waals surface area contributed by atoms with Crippen LogP contribution in [0.2, 0.25) is 0 Å². The molecule has 2 aromatic carbocycles. The van der Waals surface area contributed by atoms with Gasteiger partial charge in [-0.3, -0.25) is 4.98 Å². The Morgan fingerprint density at radius 3 is 2.58 bits per heavy atom. The van der Waals surface area contributed by atoms with Gasteiger partial charge >= 0.3 is 0 Å². The fraction of sp³-hybridized carbons (Fsp3) is 0.100. The van der Waals surface area contributed by atoms with Gasteiger partial charge in [-0.15, -0.1) is 0 Å². The van der Waals surface area contributed by atoms with E-state index in [4.69, 9.17) is 5.41 Å². The Morgan fingerprint density at radius 1 is 1.08 bits per heavy atom. The Morgan fingerprint density at radius 2 is 1.88 bits per heavy atom. The molecule has 0 aliphatic heterocycles. The molecule has 0 aliphatic carbocycles. The number of rotatable bonds is 4. The number of hydrogen-bond acceptors (Lipinski definition) is 3. The number of anilines is 1. The highest BCUT2D eigenvalue weighted by Gasteiger charge is 2.11. The molecule has 0 spiro atoms. The minimum Gasteiger partial charge on any atom is -0.388 e. The molecule has 120 valence electrons. The Balaban J connectivity index is 2.16. The zero-order valence-electron chi connectivity index (χ0n) is 13.6. The van der Waals surface area contributed by atoms with Gasteiger partial charge in [0.05, 0.1) is 5.69 Å². The third kappa shape index (κ3) is 2.91. The molecule has 1 heterocycles. The first-order chi connectivity index (χ1) is 11.6. The van der Waals surface area contributed by atoms with E-state index in [2.05, 4.69) is 10.3 Å². The predicted molar refractivity (Wildman–Crippen MR) is 97.2 cm³/mol. The number of aryl methyl sites for hydroxylation is 1. The number of benzene rings is 2. The Hall–Kier alpha value is -3.01. The fourth-order valence-corrected chi connectivity index (χ4v) is 2.73. The molecule has 0 unspecified atom stereocenters. The molecule has 3 nitrogen and oxygen atoms in total. The van der Waals surface area contributed by atoms with Crippen LogP contribution in [0, 0.1) is 18.2 Å². The second kappa shape index (κ2) is 6.62. The van der Waals surface area contributed by atoms with Crippen LogP contribution in [0.3, 0.4) is 0 Å². The van der Waals surface area contributed by atoms with Gasteiger partial charge in [0, 0.05) is 41.8 Å². The predicted octanol–water partition coefficient (Wildman–Crippen LogP) is 4.90. The smallest absolute Gasteiger partial charge is 0.126 e. The van der Waals surface area contributed by atoms with Crippen molar-refractivity contribution in [1.82, 2.24) is 4.98 Å². The van der Waals surface area contributed by atoms with Crippen molar-refractivity contribution in [2.45, 2.75) is 6.92 Å². The van der Waals surface area contributed by atoms with E-state index in [1.807, 2.05) is 43.4 Å². The molecule has 3 rings (SSSR count). The highest BCUT2D eigenvalue weighted by Crippen LogP contribution is 2.33. The number of nitrogens with one attached hydrogen (secondary N) is 2. The zero-order chi connectivity index (χ0) is 17.1. The van der Waals surface area contributed by atoms with Crippen molar-refractivity contribution in [2.75, 3.05) is 12.4 Å². The van der Waals surface area contributed by atoms with Gasteiger partial charge in [-0.05, 0) is 48.4 Å². The van der Waals surface area contributed by atoms with Crippen LogP contribution in [0.1, 0.15) is 11.1 Å². The average Bonchev–Trinajstić information content (AvgIpc) is 2.63. The van der Waals surface area contributed by atoms with Crippen LogP contribution >= 0.6 is 0 Å². The van der Waals surface area contributed by atoms with Crippen LogP contribution < -0.4 is 5.32 Å². The first-order valence-corrected chi connectivity index (χ1v) is 7.68. The van der Waals surface area contributed by atoms with Crippen molar-refractivity contribution < 1.29 is 4.39 Å². The molecular formula is C20H18FN3. The Bertz CT molecular complexity index is 903. The summed E-state index contributed by atoms with van der Waals surface area (Å²) < 4.78 is 13.6. The van der Waals surface area contributed by atoms with E-state index in [0.29, 0.717) is 5.56 Å². The molecule has 1 aromatic heterocycles. The van der Waals surface area contributed by atoms with E-state index in [9.17, 15) is 4.39 Å². The maximum Gasteiger partial charge on any atom is 0.126 e. The normalized spacial score (nSPS) is 10.5. The van der Waals surface area contributed by atoms with Gasteiger partial charge in [-0.1, -0.05) is 18.2 Å². The van der Waals surface area contributed by atoms with Gasteiger partial charge in [-0.25, -0.2) is 4.39 Å². The summed E-state index contributed by atoms with van der Waals surface area (Å²) in [5.41, 5.74) is 5.96. The quantitative estimate of drug-likeness (QED) is 0.672. The van der Waals surface area contributed by atoms with Crippen molar-refractivity contribution in [3.05, 3.63) is 71.7 Å². The van der Waals surface area contributed by atoms with Crippen LogP contribution in [0.15, 0.2) is 54.7 Å². The average molecular weight is 319 g/mol. The molecule has 24 heavy (non-hydrogen) atoms. The molecule has 0 radical (unpaired) electrons. The molecular weight excluding hydrogens is 301 g/mol. The van der Waals surface area contributed by atoms with Crippen molar-refractivity contribution in [1.29, 1.82) is 5.41 Å². The van der Waals surface area contributed by atoms with E-state index in [1.54, 1.807) is 19.2 Å². The summed E-state index contributed by atoms with van der Waals surface area (Å²) >= 11 is 0. The maximum absolute atomic E-state index is 13.6. The number of aromatic nitrogens is 1. The van der Waals surface area contributed by atoms with Crippen LogP contribution in [0.5, 0.6) is 0 Å². The van der Waals surface area contributed by atoms with Crippen molar-refractivity contribution in [3.8, 4) is 22.4 Å². The van der Waals surface area contributed by atoms with E-state index < -0.39 is 0 Å². The molecule has 0 saturated carbocycles.